The Morgan fingerprint density at radius 2 is 2.05 bits per heavy atom. The molecule has 0 aromatic heterocycles. The molecular weight excluding hydrogens is 389 g/mol. The van der Waals surface area contributed by atoms with Gasteiger partial charge in [-0.05, 0) is 30.2 Å². The zero-order valence-electron chi connectivity index (χ0n) is 13.7. The summed E-state index contributed by atoms with van der Waals surface area (Å²) < 4.78 is 1.03. The van der Waals surface area contributed by atoms with Gasteiger partial charge in [0.15, 0.2) is 0 Å². The van der Waals surface area contributed by atoms with Crippen molar-refractivity contribution in [3.8, 4) is 0 Å². The molecule has 0 spiro atoms. The van der Waals surface area contributed by atoms with E-state index in [-0.39, 0.29) is 11.3 Å². The quantitative estimate of drug-likeness (QED) is 0.508. The number of nitrogens with zero attached hydrogens (tertiary/aromatic N) is 1. The summed E-state index contributed by atoms with van der Waals surface area (Å²) in [7, 11) is 0. The molecular formula is C18H26INO2. The number of alkyl halides is 1. The molecule has 1 aromatic rings. The first-order valence-electron chi connectivity index (χ1n) is 8.02. The van der Waals surface area contributed by atoms with E-state index in [0.29, 0.717) is 25.0 Å². The number of piperidine rings is 1. The van der Waals surface area contributed by atoms with E-state index < -0.39 is 0 Å². The molecule has 1 amide bonds. The number of hydroxylamine groups is 2. The highest BCUT2D eigenvalue weighted by Gasteiger charge is 2.47. The second-order valence-electron chi connectivity index (χ2n) is 6.82. The minimum absolute atomic E-state index is 0.157. The first kappa shape index (κ1) is 17.7. The first-order chi connectivity index (χ1) is 10.5. The summed E-state index contributed by atoms with van der Waals surface area (Å²) in [5.41, 5.74) is 0.793. The van der Waals surface area contributed by atoms with Crippen LogP contribution in [0.4, 0.5) is 0 Å². The van der Waals surface area contributed by atoms with Crippen molar-refractivity contribution in [3.63, 3.8) is 0 Å². The van der Waals surface area contributed by atoms with Crippen LogP contribution in [0.25, 0.3) is 0 Å². The number of carbonyl (C=O) groups excluding carboxylic acids is 1. The van der Waals surface area contributed by atoms with Gasteiger partial charge >= 0.3 is 0 Å². The minimum Gasteiger partial charge on any atom is -0.272 e. The SMILES string of the molecule is CC(C)C[C@]1(C)C(=O)N(OCc2ccccc2)CCC1CI. The highest BCUT2D eigenvalue weighted by atomic mass is 127. The Bertz CT molecular complexity index is 491. The summed E-state index contributed by atoms with van der Waals surface area (Å²) >= 11 is 2.41. The number of hydrogen-bond donors (Lipinski definition) is 0. The lowest BCUT2D eigenvalue weighted by molar-refractivity contribution is -0.215. The van der Waals surface area contributed by atoms with Gasteiger partial charge < -0.3 is 0 Å². The van der Waals surface area contributed by atoms with Crippen LogP contribution in [-0.4, -0.2) is 21.9 Å². The van der Waals surface area contributed by atoms with Gasteiger partial charge in [-0.1, -0.05) is 73.7 Å². The summed E-state index contributed by atoms with van der Waals surface area (Å²) in [6.45, 7) is 7.65. The number of halogens is 1. The predicted octanol–water partition coefficient (Wildman–Crippen LogP) is 4.45. The molecule has 0 radical (unpaired) electrons. The van der Waals surface area contributed by atoms with Crippen molar-refractivity contribution in [1.29, 1.82) is 0 Å². The van der Waals surface area contributed by atoms with Crippen molar-refractivity contribution < 1.29 is 9.63 Å². The molecule has 0 bridgehead atoms. The fourth-order valence-corrected chi connectivity index (χ4v) is 4.76. The van der Waals surface area contributed by atoms with Gasteiger partial charge in [-0.15, -0.1) is 0 Å². The molecule has 22 heavy (non-hydrogen) atoms. The lowest BCUT2D eigenvalue weighted by Crippen LogP contribution is -2.53. The van der Waals surface area contributed by atoms with Gasteiger partial charge in [0.05, 0.1) is 5.41 Å². The Labute approximate surface area is 147 Å². The molecule has 1 aliphatic heterocycles. The van der Waals surface area contributed by atoms with Crippen LogP contribution in [0.1, 0.15) is 39.2 Å². The summed E-state index contributed by atoms with van der Waals surface area (Å²) in [4.78, 5) is 18.8. The third-order valence-electron chi connectivity index (χ3n) is 4.55. The van der Waals surface area contributed by atoms with E-state index in [4.69, 9.17) is 4.84 Å². The standard InChI is InChI=1S/C18H26INO2/c1-14(2)11-18(3)16(12-19)9-10-20(17(18)21)22-13-15-7-5-4-6-8-15/h4-8,14,16H,9-13H2,1-3H3/t16?,18-/m0/s1. The van der Waals surface area contributed by atoms with Crippen LogP contribution < -0.4 is 0 Å². The molecule has 1 unspecified atom stereocenters. The molecule has 4 heteroatoms. The molecule has 2 atom stereocenters. The molecule has 122 valence electrons. The average Bonchev–Trinajstić information content (AvgIpc) is 2.49. The van der Waals surface area contributed by atoms with Crippen LogP contribution in [0.5, 0.6) is 0 Å². The number of rotatable bonds is 6. The Kier molecular flexibility index (Phi) is 6.26. The molecule has 0 N–H and O–H groups in total. The van der Waals surface area contributed by atoms with Gasteiger partial charge in [0.25, 0.3) is 5.91 Å². The van der Waals surface area contributed by atoms with E-state index in [1.54, 1.807) is 5.06 Å². The highest BCUT2D eigenvalue weighted by molar-refractivity contribution is 14.1. The van der Waals surface area contributed by atoms with E-state index in [1.165, 1.54) is 0 Å². The molecule has 0 saturated carbocycles. The Hall–Kier alpha value is -0.620. The zero-order chi connectivity index (χ0) is 16.2. The van der Waals surface area contributed by atoms with Crippen molar-refractivity contribution in [1.82, 2.24) is 5.06 Å². The number of hydrogen-bond acceptors (Lipinski definition) is 2. The number of benzene rings is 1. The molecule has 0 aliphatic carbocycles. The largest absolute Gasteiger partial charge is 0.272 e. The molecule has 1 heterocycles. The van der Waals surface area contributed by atoms with Crippen LogP contribution in [0.2, 0.25) is 0 Å². The van der Waals surface area contributed by atoms with Crippen LogP contribution in [0.15, 0.2) is 30.3 Å². The van der Waals surface area contributed by atoms with Gasteiger partial charge in [0.1, 0.15) is 6.61 Å². The van der Waals surface area contributed by atoms with Crippen LogP contribution >= 0.6 is 22.6 Å². The predicted molar refractivity (Wildman–Crippen MR) is 97.5 cm³/mol. The minimum atomic E-state index is -0.301. The van der Waals surface area contributed by atoms with Crippen molar-refractivity contribution in [3.05, 3.63) is 35.9 Å². The fraction of sp³-hybridized carbons (Fsp3) is 0.611. The molecule has 1 saturated heterocycles. The molecule has 1 aliphatic rings. The molecule has 3 nitrogen and oxygen atoms in total. The maximum atomic E-state index is 13.0. The van der Waals surface area contributed by atoms with E-state index in [9.17, 15) is 4.79 Å². The summed E-state index contributed by atoms with van der Waals surface area (Å²) in [5.74, 6) is 1.11. The van der Waals surface area contributed by atoms with Gasteiger partial charge in [-0.2, -0.15) is 0 Å². The third-order valence-corrected chi connectivity index (χ3v) is 5.61. The average molecular weight is 415 g/mol. The summed E-state index contributed by atoms with van der Waals surface area (Å²) in [6, 6.07) is 10.0. The van der Waals surface area contributed by atoms with Gasteiger partial charge in [-0.3, -0.25) is 9.63 Å². The number of amides is 1. The monoisotopic (exact) mass is 415 g/mol. The first-order valence-corrected chi connectivity index (χ1v) is 9.54. The summed E-state index contributed by atoms with van der Waals surface area (Å²) in [6.07, 6.45) is 1.94. The second-order valence-corrected chi connectivity index (χ2v) is 7.70. The highest BCUT2D eigenvalue weighted by Crippen LogP contribution is 2.42. The third kappa shape index (κ3) is 4.02. The fourth-order valence-electron chi connectivity index (χ4n) is 3.35. The van der Waals surface area contributed by atoms with Gasteiger partial charge in [-0.25, -0.2) is 5.06 Å². The van der Waals surface area contributed by atoms with E-state index in [1.807, 2.05) is 30.3 Å². The van der Waals surface area contributed by atoms with Crippen LogP contribution in [-0.2, 0) is 16.2 Å². The maximum absolute atomic E-state index is 13.0. The van der Waals surface area contributed by atoms with Crippen LogP contribution in [0, 0.1) is 17.3 Å². The molecule has 1 aromatic carbocycles. The maximum Gasteiger partial charge on any atom is 0.252 e. The Balaban J connectivity index is 2.06. The molecule has 2 rings (SSSR count). The summed E-state index contributed by atoms with van der Waals surface area (Å²) in [5, 5.41) is 1.61. The van der Waals surface area contributed by atoms with Crippen molar-refractivity contribution in [2.24, 2.45) is 17.3 Å². The van der Waals surface area contributed by atoms with Crippen molar-refractivity contribution >= 4 is 28.5 Å². The van der Waals surface area contributed by atoms with E-state index >= 15 is 0 Å². The van der Waals surface area contributed by atoms with Gasteiger partial charge in [0.2, 0.25) is 0 Å². The van der Waals surface area contributed by atoms with Crippen molar-refractivity contribution in [2.75, 3.05) is 11.0 Å². The van der Waals surface area contributed by atoms with Crippen molar-refractivity contribution in [2.45, 2.75) is 40.2 Å². The van der Waals surface area contributed by atoms with Gasteiger partial charge in [0, 0.05) is 11.0 Å². The van der Waals surface area contributed by atoms with Crippen LogP contribution in [0.3, 0.4) is 0 Å². The normalized spacial score (nSPS) is 25.8. The number of carbonyl (C=O) groups is 1. The van der Waals surface area contributed by atoms with E-state index in [0.717, 1.165) is 22.8 Å². The van der Waals surface area contributed by atoms with E-state index in [2.05, 4.69) is 43.4 Å². The lowest BCUT2D eigenvalue weighted by Gasteiger charge is -2.44. The Morgan fingerprint density at radius 3 is 2.64 bits per heavy atom. The molecule has 1 fully saturated rings. The zero-order valence-corrected chi connectivity index (χ0v) is 15.9. The second kappa shape index (κ2) is 7.77. The smallest absolute Gasteiger partial charge is 0.252 e. The topological polar surface area (TPSA) is 29.5 Å². The lowest BCUT2D eigenvalue weighted by atomic mass is 9.68. The Morgan fingerprint density at radius 1 is 1.36 bits per heavy atom.